The fourth-order valence-electron chi connectivity index (χ4n) is 1.30. The minimum Gasteiger partial charge on any atom is -0.480 e. The highest BCUT2D eigenvalue weighted by Crippen LogP contribution is 2.12. The van der Waals surface area contributed by atoms with Crippen molar-refractivity contribution in [2.24, 2.45) is 0 Å². The van der Waals surface area contributed by atoms with Gasteiger partial charge in [0.1, 0.15) is 6.54 Å². The predicted molar refractivity (Wildman–Crippen MR) is 67.7 cm³/mol. The molecule has 0 radical (unpaired) electrons. The van der Waals surface area contributed by atoms with E-state index in [0.29, 0.717) is 11.7 Å². The average Bonchev–Trinajstić information content (AvgIpc) is 2.29. The second-order valence-electron chi connectivity index (χ2n) is 3.13. The van der Waals surface area contributed by atoms with Gasteiger partial charge in [0.25, 0.3) is 0 Å². The molecule has 5 heteroatoms. The van der Waals surface area contributed by atoms with Gasteiger partial charge in [0, 0.05) is 12.2 Å². The van der Waals surface area contributed by atoms with Gasteiger partial charge in [-0.25, -0.2) is 0 Å². The number of hydrogen-bond donors (Lipinski definition) is 2. The van der Waals surface area contributed by atoms with Crippen molar-refractivity contribution in [1.82, 2.24) is 5.32 Å². The largest absolute Gasteiger partial charge is 0.480 e. The van der Waals surface area contributed by atoms with Crippen molar-refractivity contribution in [2.45, 2.75) is 6.92 Å². The molecule has 0 aliphatic carbocycles. The summed E-state index contributed by atoms with van der Waals surface area (Å²) in [6.45, 7) is 2.49. The molecule has 0 saturated carbocycles. The van der Waals surface area contributed by atoms with Crippen molar-refractivity contribution in [1.29, 1.82) is 0 Å². The maximum atomic E-state index is 10.4. The Balaban J connectivity index is 2.68. The number of nitrogens with zero attached hydrogens (tertiary/aromatic N) is 1. The van der Waals surface area contributed by atoms with Crippen LogP contribution in [0.2, 0.25) is 0 Å². The second kappa shape index (κ2) is 6.07. The van der Waals surface area contributed by atoms with Crippen molar-refractivity contribution >= 4 is 29.0 Å². The molecule has 2 N–H and O–H groups in total. The summed E-state index contributed by atoms with van der Waals surface area (Å²) in [4.78, 5) is 12.3. The smallest absolute Gasteiger partial charge is 0.322 e. The summed E-state index contributed by atoms with van der Waals surface area (Å²) in [6.07, 6.45) is 0. The van der Waals surface area contributed by atoms with E-state index in [4.69, 9.17) is 17.3 Å². The van der Waals surface area contributed by atoms with Gasteiger partial charge >= 0.3 is 5.97 Å². The minimum atomic E-state index is -0.925. The SMILES string of the molecule is CCN(C(=S)NCC(=O)O)c1ccccc1. The third-order valence-electron chi connectivity index (χ3n) is 2.02. The fourth-order valence-corrected chi connectivity index (χ4v) is 1.60. The van der Waals surface area contributed by atoms with E-state index >= 15 is 0 Å². The lowest BCUT2D eigenvalue weighted by Crippen LogP contribution is -2.41. The Hall–Kier alpha value is -1.62. The van der Waals surface area contributed by atoms with E-state index in [1.165, 1.54) is 0 Å². The highest BCUT2D eigenvalue weighted by Gasteiger charge is 2.09. The number of thiocarbonyl (C=S) groups is 1. The number of para-hydroxylation sites is 1. The Labute approximate surface area is 99.9 Å². The van der Waals surface area contributed by atoms with Crippen LogP contribution in [0.25, 0.3) is 0 Å². The summed E-state index contributed by atoms with van der Waals surface area (Å²) in [5.41, 5.74) is 0.952. The van der Waals surface area contributed by atoms with Gasteiger partial charge in [-0.1, -0.05) is 18.2 Å². The highest BCUT2D eigenvalue weighted by molar-refractivity contribution is 7.80. The number of aliphatic carboxylic acids is 1. The summed E-state index contributed by atoms with van der Waals surface area (Å²) in [5.74, 6) is -0.925. The number of benzene rings is 1. The number of carboxylic acid groups (broad SMARTS) is 1. The van der Waals surface area contributed by atoms with Crippen LogP contribution in [-0.2, 0) is 4.79 Å². The summed E-state index contributed by atoms with van der Waals surface area (Å²) in [6, 6.07) is 9.61. The van der Waals surface area contributed by atoms with Crippen molar-refractivity contribution < 1.29 is 9.90 Å². The van der Waals surface area contributed by atoms with Gasteiger partial charge in [-0.2, -0.15) is 0 Å². The molecule has 0 saturated heterocycles. The van der Waals surface area contributed by atoms with Gasteiger partial charge < -0.3 is 15.3 Å². The summed E-state index contributed by atoms with van der Waals surface area (Å²) in [7, 11) is 0. The van der Waals surface area contributed by atoms with Crippen LogP contribution in [0, 0.1) is 0 Å². The number of carbonyl (C=O) groups is 1. The highest BCUT2D eigenvalue weighted by atomic mass is 32.1. The van der Waals surface area contributed by atoms with Crippen LogP contribution in [0.15, 0.2) is 30.3 Å². The third kappa shape index (κ3) is 3.51. The molecule has 0 aliphatic rings. The van der Waals surface area contributed by atoms with Crippen LogP contribution in [0.5, 0.6) is 0 Å². The first-order valence-electron chi connectivity index (χ1n) is 4.97. The van der Waals surface area contributed by atoms with E-state index < -0.39 is 5.97 Å². The average molecular weight is 238 g/mol. The number of hydrogen-bond acceptors (Lipinski definition) is 2. The van der Waals surface area contributed by atoms with E-state index in [1.54, 1.807) is 0 Å². The third-order valence-corrected chi connectivity index (χ3v) is 2.38. The van der Waals surface area contributed by atoms with E-state index in [-0.39, 0.29) is 6.54 Å². The lowest BCUT2D eigenvalue weighted by Gasteiger charge is -2.23. The van der Waals surface area contributed by atoms with Crippen molar-refractivity contribution in [3.05, 3.63) is 30.3 Å². The lowest BCUT2D eigenvalue weighted by molar-refractivity contribution is -0.135. The Morgan fingerprint density at radius 3 is 2.56 bits per heavy atom. The molecular formula is C11H14N2O2S. The molecule has 4 nitrogen and oxygen atoms in total. The molecule has 0 atom stereocenters. The molecule has 0 aliphatic heterocycles. The molecule has 1 aromatic rings. The number of carboxylic acids is 1. The number of anilines is 1. The van der Waals surface area contributed by atoms with E-state index in [9.17, 15) is 4.79 Å². The molecule has 0 bridgehead atoms. The predicted octanol–water partition coefficient (Wildman–Crippen LogP) is 1.47. The van der Waals surface area contributed by atoms with E-state index in [0.717, 1.165) is 5.69 Å². The Morgan fingerprint density at radius 2 is 2.06 bits per heavy atom. The van der Waals surface area contributed by atoms with Crippen LogP contribution < -0.4 is 10.2 Å². The van der Waals surface area contributed by atoms with Gasteiger partial charge in [-0.3, -0.25) is 4.79 Å². The van der Waals surface area contributed by atoms with Gasteiger partial charge in [0.2, 0.25) is 0 Å². The molecule has 16 heavy (non-hydrogen) atoms. The zero-order chi connectivity index (χ0) is 12.0. The molecule has 86 valence electrons. The zero-order valence-corrected chi connectivity index (χ0v) is 9.83. The Kier molecular flexibility index (Phi) is 4.72. The van der Waals surface area contributed by atoms with Gasteiger partial charge in [-0.15, -0.1) is 0 Å². The summed E-state index contributed by atoms with van der Waals surface area (Å²) in [5, 5.41) is 11.7. The lowest BCUT2D eigenvalue weighted by atomic mass is 10.3. The molecule has 0 heterocycles. The van der Waals surface area contributed by atoms with Crippen LogP contribution in [0.3, 0.4) is 0 Å². The van der Waals surface area contributed by atoms with E-state index in [1.807, 2.05) is 42.2 Å². The monoisotopic (exact) mass is 238 g/mol. The zero-order valence-electron chi connectivity index (χ0n) is 9.01. The number of nitrogens with one attached hydrogen (secondary N) is 1. The maximum absolute atomic E-state index is 10.4. The fraction of sp³-hybridized carbons (Fsp3) is 0.273. The van der Waals surface area contributed by atoms with Gasteiger partial charge in [0.15, 0.2) is 5.11 Å². The Bertz CT molecular complexity index is 368. The quantitative estimate of drug-likeness (QED) is 0.778. The first kappa shape index (κ1) is 12.4. The minimum absolute atomic E-state index is 0.165. The number of rotatable bonds is 4. The molecule has 0 unspecified atom stereocenters. The van der Waals surface area contributed by atoms with Crippen molar-refractivity contribution in [3.63, 3.8) is 0 Å². The topological polar surface area (TPSA) is 52.6 Å². The Morgan fingerprint density at radius 1 is 1.44 bits per heavy atom. The van der Waals surface area contributed by atoms with Crippen LogP contribution in [0.4, 0.5) is 5.69 Å². The van der Waals surface area contributed by atoms with Crippen LogP contribution in [-0.4, -0.2) is 29.3 Å². The standard InChI is InChI=1S/C11H14N2O2S/c1-2-13(9-6-4-3-5-7-9)11(16)12-8-10(14)15/h3-7H,2,8H2,1H3,(H,12,16)(H,14,15). The molecule has 1 aromatic carbocycles. The maximum Gasteiger partial charge on any atom is 0.322 e. The van der Waals surface area contributed by atoms with E-state index in [2.05, 4.69) is 5.32 Å². The molecule has 0 amide bonds. The second-order valence-corrected chi connectivity index (χ2v) is 3.52. The van der Waals surface area contributed by atoms with Crippen LogP contribution in [0.1, 0.15) is 6.92 Å². The summed E-state index contributed by atoms with van der Waals surface area (Å²) >= 11 is 5.13. The molecule has 0 spiro atoms. The molecule has 0 fully saturated rings. The first-order chi connectivity index (χ1) is 7.65. The molecule has 0 aromatic heterocycles. The normalized spacial score (nSPS) is 9.56. The first-order valence-corrected chi connectivity index (χ1v) is 5.38. The van der Waals surface area contributed by atoms with Gasteiger partial charge in [0.05, 0.1) is 0 Å². The summed E-state index contributed by atoms with van der Waals surface area (Å²) < 4.78 is 0. The van der Waals surface area contributed by atoms with Gasteiger partial charge in [-0.05, 0) is 31.3 Å². The van der Waals surface area contributed by atoms with Crippen molar-refractivity contribution in [3.8, 4) is 0 Å². The van der Waals surface area contributed by atoms with Crippen molar-refractivity contribution in [2.75, 3.05) is 18.0 Å². The van der Waals surface area contributed by atoms with Crippen LogP contribution >= 0.6 is 12.2 Å². The molecular weight excluding hydrogens is 224 g/mol. The molecule has 1 rings (SSSR count).